The van der Waals surface area contributed by atoms with E-state index in [4.69, 9.17) is 4.74 Å². The molecule has 1 rings (SSSR count). The molecule has 3 atom stereocenters. The minimum absolute atomic E-state index is 0.144. The lowest BCUT2D eigenvalue weighted by atomic mass is 10.2. The molecule has 0 spiro atoms. The van der Waals surface area contributed by atoms with E-state index >= 15 is 0 Å². The third kappa shape index (κ3) is 9.27. The number of carbonyl (C=O) groups excluding carboxylic acids is 3. The summed E-state index contributed by atoms with van der Waals surface area (Å²) < 4.78 is 66.3. The number of alkyl halides is 3. The minimum atomic E-state index is -5.17. The largest absolute Gasteiger partial charge is 0.467 e. The molecule has 0 heterocycles. The normalized spacial score (nSPS) is 15.1. The summed E-state index contributed by atoms with van der Waals surface area (Å²) in [7, 11) is -4.06. The molecule has 0 saturated carbocycles. The number of ether oxygens (including phenoxy) is 3. The molecular formula is C19H25F3NO8P. The summed E-state index contributed by atoms with van der Waals surface area (Å²) in [5.41, 5.74) is -2.23. The van der Waals surface area contributed by atoms with Crippen LogP contribution >= 0.6 is 7.37 Å². The van der Waals surface area contributed by atoms with Gasteiger partial charge in [-0.3, -0.25) is 9.36 Å². The molecule has 13 heteroatoms. The van der Waals surface area contributed by atoms with Gasteiger partial charge in [0.15, 0.2) is 0 Å². The molecule has 1 aromatic rings. The van der Waals surface area contributed by atoms with Crippen molar-refractivity contribution in [1.82, 2.24) is 5.32 Å². The van der Waals surface area contributed by atoms with Crippen LogP contribution in [0.2, 0.25) is 0 Å². The van der Waals surface area contributed by atoms with Crippen molar-refractivity contribution in [1.29, 1.82) is 0 Å². The van der Waals surface area contributed by atoms with Crippen LogP contribution in [-0.4, -0.2) is 60.7 Å². The second kappa shape index (κ2) is 12.4. The molecule has 0 aromatic heterocycles. The molecule has 0 radical (unpaired) electrons. The Morgan fingerprint density at radius 1 is 1.16 bits per heavy atom. The summed E-state index contributed by atoms with van der Waals surface area (Å²) >= 11 is 0. The smallest absolute Gasteiger partial charge is 0.408 e. The molecule has 32 heavy (non-hydrogen) atoms. The lowest BCUT2D eigenvalue weighted by Crippen LogP contribution is -2.43. The van der Waals surface area contributed by atoms with Crippen molar-refractivity contribution in [2.75, 3.05) is 19.9 Å². The maximum atomic E-state index is 13.3. The van der Waals surface area contributed by atoms with Crippen LogP contribution in [0.3, 0.4) is 0 Å². The predicted octanol–water partition coefficient (Wildman–Crippen LogP) is 3.00. The van der Waals surface area contributed by atoms with Gasteiger partial charge in [0.2, 0.25) is 7.37 Å². The van der Waals surface area contributed by atoms with Crippen molar-refractivity contribution >= 4 is 25.4 Å². The maximum absolute atomic E-state index is 13.3. The monoisotopic (exact) mass is 483 g/mol. The molecule has 0 bridgehead atoms. The zero-order valence-corrected chi connectivity index (χ0v) is 18.4. The van der Waals surface area contributed by atoms with Crippen LogP contribution in [0.1, 0.15) is 25.3 Å². The first-order chi connectivity index (χ1) is 14.9. The van der Waals surface area contributed by atoms with E-state index in [1.54, 1.807) is 30.3 Å². The Hall–Kier alpha value is -2.59. The Bertz CT molecular complexity index is 819. The van der Waals surface area contributed by atoms with Gasteiger partial charge in [0.25, 0.3) is 0 Å². The van der Waals surface area contributed by atoms with Gasteiger partial charge in [-0.1, -0.05) is 30.3 Å². The molecule has 1 amide bonds. The Kier molecular flexibility index (Phi) is 10.7. The third-order valence-corrected chi connectivity index (χ3v) is 6.61. The predicted molar refractivity (Wildman–Crippen MR) is 106 cm³/mol. The number of halogens is 3. The first kappa shape index (κ1) is 27.4. The number of hydrogen-bond donors (Lipinski definition) is 2. The topological polar surface area (TPSA) is 128 Å². The number of hydrogen-bond acceptors (Lipinski definition) is 7. The van der Waals surface area contributed by atoms with Gasteiger partial charge >= 0.3 is 24.2 Å². The van der Waals surface area contributed by atoms with Gasteiger partial charge in [-0.2, -0.15) is 13.2 Å². The molecule has 0 aliphatic heterocycles. The summed E-state index contributed by atoms with van der Waals surface area (Å²) in [6.45, 7) is 1.04. The second-order valence-electron chi connectivity index (χ2n) is 6.62. The standard InChI is InChI=1S/C19H25F3NO8P/c1-3-30-16(24)11-15(19(20,21)22)32(27,28)10-9-14(17(25)29-2)23-18(26)31-12-13-7-5-4-6-8-13/h4-8,14-15H,3,9-12H2,1-2H3,(H,23,26)(H,27,28)/t14-,15?/m0/s1. The van der Waals surface area contributed by atoms with Gasteiger partial charge in [-0.25, -0.2) is 9.59 Å². The van der Waals surface area contributed by atoms with E-state index in [0.717, 1.165) is 7.11 Å². The van der Waals surface area contributed by atoms with Gasteiger partial charge in [0, 0.05) is 6.16 Å². The van der Waals surface area contributed by atoms with E-state index in [2.05, 4.69) is 14.8 Å². The van der Waals surface area contributed by atoms with Crippen LogP contribution in [0.5, 0.6) is 0 Å². The fourth-order valence-electron chi connectivity index (χ4n) is 2.63. The second-order valence-corrected chi connectivity index (χ2v) is 9.20. The van der Waals surface area contributed by atoms with Crippen LogP contribution in [-0.2, 0) is 35.0 Å². The number of carbonyl (C=O) groups is 3. The average Bonchev–Trinajstić information content (AvgIpc) is 2.73. The first-order valence-corrected chi connectivity index (χ1v) is 11.4. The molecule has 0 fully saturated rings. The number of benzene rings is 1. The van der Waals surface area contributed by atoms with Gasteiger partial charge in [0.1, 0.15) is 18.3 Å². The van der Waals surface area contributed by atoms with Gasteiger partial charge in [0.05, 0.1) is 20.1 Å². The van der Waals surface area contributed by atoms with E-state index in [0.29, 0.717) is 5.56 Å². The van der Waals surface area contributed by atoms with Crippen molar-refractivity contribution in [2.24, 2.45) is 0 Å². The SMILES string of the molecule is CCOC(=O)CC(C(F)(F)F)P(=O)(O)CC[C@H](NC(=O)OCc1ccccc1)C(=O)OC. The molecular weight excluding hydrogens is 458 g/mol. The lowest BCUT2D eigenvalue weighted by Gasteiger charge is -2.26. The van der Waals surface area contributed by atoms with Crippen LogP contribution in [0.15, 0.2) is 30.3 Å². The Balaban J connectivity index is 2.82. The van der Waals surface area contributed by atoms with Gasteiger partial charge < -0.3 is 24.4 Å². The van der Waals surface area contributed by atoms with Crippen molar-refractivity contribution in [3.05, 3.63) is 35.9 Å². The Labute approximate surface area is 182 Å². The molecule has 1 aromatic carbocycles. The summed E-state index contributed by atoms with van der Waals surface area (Å²) in [6, 6.07) is 6.97. The van der Waals surface area contributed by atoms with E-state index < -0.39 is 62.3 Å². The van der Waals surface area contributed by atoms with Crippen LogP contribution < -0.4 is 5.32 Å². The number of nitrogens with one attached hydrogen (secondary N) is 1. The van der Waals surface area contributed by atoms with E-state index in [-0.39, 0.29) is 13.2 Å². The highest BCUT2D eigenvalue weighted by Gasteiger charge is 2.52. The summed E-state index contributed by atoms with van der Waals surface area (Å²) in [5, 5.41) is 2.11. The van der Waals surface area contributed by atoms with Crippen molar-refractivity contribution in [3.63, 3.8) is 0 Å². The number of methoxy groups -OCH3 is 1. The van der Waals surface area contributed by atoms with Crippen molar-refractivity contribution < 1.29 is 51.2 Å². The summed E-state index contributed by atoms with van der Waals surface area (Å²) in [5.74, 6) is -2.33. The summed E-state index contributed by atoms with van der Waals surface area (Å²) in [6.07, 6.45) is -9.26. The number of rotatable bonds is 11. The van der Waals surface area contributed by atoms with Gasteiger partial charge in [-0.15, -0.1) is 0 Å². The third-order valence-electron chi connectivity index (χ3n) is 4.26. The van der Waals surface area contributed by atoms with E-state index in [9.17, 15) is 37.0 Å². The van der Waals surface area contributed by atoms with E-state index in [1.807, 2.05) is 0 Å². The van der Waals surface area contributed by atoms with Crippen molar-refractivity contribution in [2.45, 2.75) is 44.2 Å². The quantitative estimate of drug-likeness (QED) is 0.279. The zero-order valence-electron chi connectivity index (χ0n) is 17.5. The number of esters is 2. The zero-order chi connectivity index (χ0) is 24.4. The van der Waals surface area contributed by atoms with E-state index in [1.165, 1.54) is 6.92 Å². The highest BCUT2D eigenvalue weighted by atomic mass is 31.2. The molecule has 9 nitrogen and oxygen atoms in total. The highest BCUT2D eigenvalue weighted by Crippen LogP contribution is 2.54. The number of alkyl carbamates (subject to hydrolysis) is 1. The number of amides is 1. The molecule has 0 aliphatic carbocycles. The highest BCUT2D eigenvalue weighted by molar-refractivity contribution is 7.58. The molecule has 0 saturated heterocycles. The van der Waals surface area contributed by atoms with Crippen LogP contribution in [0.25, 0.3) is 0 Å². The minimum Gasteiger partial charge on any atom is -0.467 e. The lowest BCUT2D eigenvalue weighted by molar-refractivity contribution is -0.156. The Morgan fingerprint density at radius 2 is 1.78 bits per heavy atom. The van der Waals surface area contributed by atoms with Gasteiger partial charge in [-0.05, 0) is 18.9 Å². The molecule has 2 unspecified atom stereocenters. The molecule has 0 aliphatic rings. The Morgan fingerprint density at radius 3 is 2.31 bits per heavy atom. The average molecular weight is 483 g/mol. The van der Waals surface area contributed by atoms with Crippen molar-refractivity contribution in [3.8, 4) is 0 Å². The van der Waals surface area contributed by atoms with Crippen LogP contribution in [0, 0.1) is 0 Å². The van der Waals surface area contributed by atoms with Crippen LogP contribution in [0.4, 0.5) is 18.0 Å². The first-order valence-electron chi connectivity index (χ1n) is 9.49. The summed E-state index contributed by atoms with van der Waals surface area (Å²) in [4.78, 5) is 45.4. The fraction of sp³-hybridized carbons (Fsp3) is 0.526. The molecule has 180 valence electrons. The molecule has 2 N–H and O–H groups in total. The fourth-order valence-corrected chi connectivity index (χ4v) is 4.46. The maximum Gasteiger partial charge on any atom is 0.408 e.